The number of carbonyl (C=O) groups is 2. The molecule has 1 unspecified atom stereocenters. The highest BCUT2D eigenvalue weighted by Crippen LogP contribution is 2.16. The van der Waals surface area contributed by atoms with Gasteiger partial charge in [-0.2, -0.15) is 0 Å². The Morgan fingerprint density at radius 3 is 2.67 bits per heavy atom. The average molecular weight is 330 g/mol. The van der Waals surface area contributed by atoms with Gasteiger partial charge in [-0.05, 0) is 24.3 Å². The van der Waals surface area contributed by atoms with Gasteiger partial charge in [0, 0.05) is 39.0 Å². The minimum absolute atomic E-state index is 0.0392. The lowest BCUT2D eigenvalue weighted by atomic mass is 10.00. The van der Waals surface area contributed by atoms with Crippen molar-refractivity contribution in [1.29, 1.82) is 0 Å². The molecule has 2 heterocycles. The number of piperazine rings is 1. The SMILES string of the molecule is O=C1NCCN(C(=O)CCCC2CNNC2)C1Cc1ccccc1. The summed E-state index contributed by atoms with van der Waals surface area (Å²) in [5.41, 5.74) is 7.32. The molecule has 24 heavy (non-hydrogen) atoms. The second kappa shape index (κ2) is 8.26. The third-order valence-electron chi connectivity index (χ3n) is 4.83. The van der Waals surface area contributed by atoms with Crippen LogP contribution in [0, 0.1) is 5.92 Å². The largest absolute Gasteiger partial charge is 0.353 e. The van der Waals surface area contributed by atoms with Crippen molar-refractivity contribution in [3.8, 4) is 0 Å². The van der Waals surface area contributed by atoms with Gasteiger partial charge in [-0.1, -0.05) is 30.3 Å². The molecule has 6 heteroatoms. The molecule has 0 saturated carbocycles. The Hall–Kier alpha value is -1.92. The molecule has 1 aromatic rings. The molecule has 0 bridgehead atoms. The summed E-state index contributed by atoms with van der Waals surface area (Å²) >= 11 is 0. The van der Waals surface area contributed by atoms with Crippen LogP contribution in [0.3, 0.4) is 0 Å². The molecule has 2 aliphatic heterocycles. The maximum Gasteiger partial charge on any atom is 0.243 e. The van der Waals surface area contributed by atoms with Crippen molar-refractivity contribution in [2.75, 3.05) is 26.2 Å². The minimum Gasteiger partial charge on any atom is -0.353 e. The molecule has 2 fully saturated rings. The van der Waals surface area contributed by atoms with Gasteiger partial charge >= 0.3 is 0 Å². The zero-order chi connectivity index (χ0) is 16.8. The lowest BCUT2D eigenvalue weighted by Crippen LogP contribution is -2.58. The zero-order valence-corrected chi connectivity index (χ0v) is 14.0. The second-order valence-corrected chi connectivity index (χ2v) is 6.60. The molecule has 0 spiro atoms. The lowest BCUT2D eigenvalue weighted by Gasteiger charge is -2.35. The van der Waals surface area contributed by atoms with Crippen molar-refractivity contribution >= 4 is 11.8 Å². The summed E-state index contributed by atoms with van der Waals surface area (Å²) in [6.45, 7) is 3.09. The van der Waals surface area contributed by atoms with Crippen molar-refractivity contribution in [2.45, 2.75) is 31.7 Å². The number of amides is 2. The molecule has 2 aliphatic rings. The maximum atomic E-state index is 12.6. The average Bonchev–Trinajstić information content (AvgIpc) is 3.11. The number of nitrogens with zero attached hydrogens (tertiary/aromatic N) is 1. The van der Waals surface area contributed by atoms with E-state index in [1.165, 1.54) is 0 Å². The highest BCUT2D eigenvalue weighted by atomic mass is 16.2. The summed E-state index contributed by atoms with van der Waals surface area (Å²) in [6.07, 6.45) is 3.02. The van der Waals surface area contributed by atoms with Crippen molar-refractivity contribution in [3.63, 3.8) is 0 Å². The first kappa shape index (κ1) is 16.9. The third kappa shape index (κ3) is 4.33. The van der Waals surface area contributed by atoms with Crippen LogP contribution in [0.2, 0.25) is 0 Å². The maximum absolute atomic E-state index is 12.6. The van der Waals surface area contributed by atoms with Crippen LogP contribution in [-0.2, 0) is 16.0 Å². The fraction of sp³-hybridized carbons (Fsp3) is 0.556. The predicted octanol–water partition coefficient (Wildman–Crippen LogP) is 0.450. The molecule has 130 valence electrons. The monoisotopic (exact) mass is 330 g/mol. The van der Waals surface area contributed by atoms with Crippen LogP contribution in [0.4, 0.5) is 0 Å². The predicted molar refractivity (Wildman–Crippen MR) is 92.0 cm³/mol. The molecular formula is C18H26N4O2. The minimum atomic E-state index is -0.386. The van der Waals surface area contributed by atoms with Gasteiger partial charge in [0.25, 0.3) is 0 Å². The Bertz CT molecular complexity index is 557. The van der Waals surface area contributed by atoms with Crippen molar-refractivity contribution in [1.82, 2.24) is 21.1 Å². The molecule has 0 radical (unpaired) electrons. The van der Waals surface area contributed by atoms with E-state index in [2.05, 4.69) is 16.2 Å². The van der Waals surface area contributed by atoms with Gasteiger partial charge in [0.2, 0.25) is 11.8 Å². The molecular weight excluding hydrogens is 304 g/mol. The Morgan fingerprint density at radius 2 is 1.92 bits per heavy atom. The van der Waals surface area contributed by atoms with Crippen LogP contribution in [0.25, 0.3) is 0 Å². The summed E-state index contributed by atoms with van der Waals surface area (Å²) in [7, 11) is 0. The van der Waals surface area contributed by atoms with E-state index in [4.69, 9.17) is 0 Å². The second-order valence-electron chi connectivity index (χ2n) is 6.60. The topological polar surface area (TPSA) is 73.5 Å². The summed E-state index contributed by atoms with van der Waals surface area (Å²) in [5.74, 6) is 0.662. The van der Waals surface area contributed by atoms with E-state index >= 15 is 0 Å². The van der Waals surface area contributed by atoms with Gasteiger partial charge in [-0.3, -0.25) is 20.4 Å². The van der Waals surface area contributed by atoms with E-state index in [0.717, 1.165) is 31.5 Å². The van der Waals surface area contributed by atoms with E-state index in [-0.39, 0.29) is 17.9 Å². The van der Waals surface area contributed by atoms with E-state index in [9.17, 15) is 9.59 Å². The van der Waals surface area contributed by atoms with E-state index < -0.39 is 0 Å². The highest BCUT2D eigenvalue weighted by Gasteiger charge is 2.32. The summed E-state index contributed by atoms with van der Waals surface area (Å²) in [5, 5.41) is 2.89. The van der Waals surface area contributed by atoms with Crippen LogP contribution in [-0.4, -0.2) is 48.9 Å². The molecule has 6 nitrogen and oxygen atoms in total. The number of hydrogen-bond acceptors (Lipinski definition) is 4. The molecule has 1 atom stereocenters. The smallest absolute Gasteiger partial charge is 0.243 e. The summed E-state index contributed by atoms with van der Waals surface area (Å²) in [6, 6.07) is 9.51. The van der Waals surface area contributed by atoms with E-state index in [1.807, 2.05) is 30.3 Å². The Kier molecular flexibility index (Phi) is 5.82. The van der Waals surface area contributed by atoms with E-state index in [1.54, 1.807) is 4.90 Å². The third-order valence-corrected chi connectivity index (χ3v) is 4.83. The fourth-order valence-corrected chi connectivity index (χ4v) is 3.45. The lowest BCUT2D eigenvalue weighted by molar-refractivity contribution is -0.143. The number of nitrogens with one attached hydrogen (secondary N) is 3. The molecule has 3 rings (SSSR count). The normalized spacial score (nSPS) is 21.8. The Balaban J connectivity index is 1.56. The summed E-state index contributed by atoms with van der Waals surface area (Å²) < 4.78 is 0. The number of rotatable bonds is 6. The van der Waals surface area contributed by atoms with Gasteiger partial charge in [-0.15, -0.1) is 0 Å². The molecule has 0 aromatic heterocycles. The molecule has 2 saturated heterocycles. The van der Waals surface area contributed by atoms with Crippen LogP contribution in [0.1, 0.15) is 24.8 Å². The van der Waals surface area contributed by atoms with Crippen molar-refractivity contribution in [3.05, 3.63) is 35.9 Å². The van der Waals surface area contributed by atoms with Crippen LogP contribution in [0.5, 0.6) is 0 Å². The van der Waals surface area contributed by atoms with Crippen molar-refractivity contribution in [2.24, 2.45) is 5.92 Å². The highest BCUT2D eigenvalue weighted by molar-refractivity contribution is 5.89. The Labute approximate surface area is 143 Å². The molecule has 3 N–H and O–H groups in total. The molecule has 2 amide bonds. The molecule has 1 aromatic carbocycles. The quantitative estimate of drug-likeness (QED) is 0.708. The first-order valence-electron chi connectivity index (χ1n) is 8.81. The fourth-order valence-electron chi connectivity index (χ4n) is 3.45. The van der Waals surface area contributed by atoms with Gasteiger partial charge in [-0.25, -0.2) is 0 Å². The Morgan fingerprint density at radius 1 is 1.17 bits per heavy atom. The number of hydrogen-bond donors (Lipinski definition) is 3. The standard InChI is InChI=1S/C18H26N4O2/c23-17(8-4-7-15-12-20-21-13-15)22-10-9-19-18(24)16(22)11-14-5-2-1-3-6-14/h1-3,5-6,15-16,20-21H,4,7-13H2,(H,19,24). The number of benzene rings is 1. The first-order valence-corrected chi connectivity index (χ1v) is 8.81. The first-order chi connectivity index (χ1) is 11.7. The zero-order valence-electron chi connectivity index (χ0n) is 14.0. The van der Waals surface area contributed by atoms with Gasteiger partial charge in [0.15, 0.2) is 0 Å². The van der Waals surface area contributed by atoms with Crippen molar-refractivity contribution < 1.29 is 9.59 Å². The van der Waals surface area contributed by atoms with Crippen LogP contribution < -0.4 is 16.2 Å². The van der Waals surface area contributed by atoms with Crippen LogP contribution >= 0.6 is 0 Å². The number of carbonyl (C=O) groups excluding carboxylic acids is 2. The molecule has 0 aliphatic carbocycles. The number of hydrazine groups is 1. The van der Waals surface area contributed by atoms with Gasteiger partial charge in [0.05, 0.1) is 0 Å². The van der Waals surface area contributed by atoms with E-state index in [0.29, 0.717) is 31.8 Å². The summed E-state index contributed by atoms with van der Waals surface area (Å²) in [4.78, 5) is 26.7. The van der Waals surface area contributed by atoms with Gasteiger partial charge < -0.3 is 10.2 Å². The van der Waals surface area contributed by atoms with Crippen LogP contribution in [0.15, 0.2) is 30.3 Å². The van der Waals surface area contributed by atoms with Gasteiger partial charge in [0.1, 0.15) is 6.04 Å².